The van der Waals surface area contributed by atoms with Gasteiger partial charge in [0.2, 0.25) is 0 Å². The summed E-state index contributed by atoms with van der Waals surface area (Å²) in [6.45, 7) is -0.119. The smallest absolute Gasteiger partial charge is 0.341 e. The summed E-state index contributed by atoms with van der Waals surface area (Å²) < 4.78 is 10.9. The normalized spacial score (nSPS) is 12.1. The number of para-hydroxylation sites is 1. The molecule has 0 unspecified atom stereocenters. The van der Waals surface area contributed by atoms with E-state index in [4.69, 9.17) is 14.6 Å². The van der Waals surface area contributed by atoms with Gasteiger partial charge in [-0.2, -0.15) is 0 Å². The van der Waals surface area contributed by atoms with E-state index in [0.717, 1.165) is 5.56 Å². The molecular formula is C25H22O5. The molecule has 5 nitrogen and oxygen atoms in total. The van der Waals surface area contributed by atoms with Gasteiger partial charge in [-0.25, -0.2) is 4.79 Å². The van der Waals surface area contributed by atoms with Crippen molar-refractivity contribution < 1.29 is 24.2 Å². The Morgan fingerprint density at radius 3 is 2.10 bits per heavy atom. The maximum absolute atomic E-state index is 12.4. The number of aryl methyl sites for hydroxylation is 1. The Morgan fingerprint density at radius 1 is 0.833 bits per heavy atom. The van der Waals surface area contributed by atoms with E-state index in [-0.39, 0.29) is 18.3 Å². The van der Waals surface area contributed by atoms with E-state index in [1.54, 1.807) is 12.1 Å². The number of carboxylic acid groups (broad SMARTS) is 1. The van der Waals surface area contributed by atoms with Gasteiger partial charge in [-0.15, -0.1) is 0 Å². The van der Waals surface area contributed by atoms with E-state index >= 15 is 0 Å². The van der Waals surface area contributed by atoms with Gasteiger partial charge in [0.25, 0.3) is 0 Å². The molecule has 0 heterocycles. The molecule has 4 rings (SSSR count). The standard InChI is InChI=1S/C25H22O5/c26-24(27)16-29-23-12-6-1-7-17(23)13-14-25(28)30-15-22-20-10-4-2-8-18(20)19-9-3-5-11-21(19)22/h1-12,22H,13-16H2,(H,26,27). The molecule has 5 heteroatoms. The van der Waals surface area contributed by atoms with Crippen molar-refractivity contribution in [3.05, 3.63) is 89.5 Å². The van der Waals surface area contributed by atoms with Crippen LogP contribution in [0, 0.1) is 0 Å². The van der Waals surface area contributed by atoms with Gasteiger partial charge >= 0.3 is 11.9 Å². The van der Waals surface area contributed by atoms with E-state index in [0.29, 0.717) is 18.8 Å². The average Bonchev–Trinajstić information content (AvgIpc) is 3.09. The van der Waals surface area contributed by atoms with Crippen LogP contribution in [0.1, 0.15) is 29.0 Å². The predicted molar refractivity (Wildman–Crippen MR) is 113 cm³/mol. The molecule has 1 aliphatic carbocycles. The Bertz CT molecular complexity index is 1030. The maximum atomic E-state index is 12.4. The zero-order chi connectivity index (χ0) is 20.9. The lowest BCUT2D eigenvalue weighted by molar-refractivity contribution is -0.144. The summed E-state index contributed by atoms with van der Waals surface area (Å²) in [4.78, 5) is 23.2. The van der Waals surface area contributed by atoms with Gasteiger partial charge < -0.3 is 14.6 Å². The van der Waals surface area contributed by atoms with Crippen molar-refractivity contribution in [2.24, 2.45) is 0 Å². The first-order valence-corrected chi connectivity index (χ1v) is 9.90. The van der Waals surface area contributed by atoms with Crippen LogP contribution < -0.4 is 4.74 Å². The number of rotatable bonds is 8. The number of aliphatic carboxylic acids is 1. The molecule has 0 atom stereocenters. The van der Waals surface area contributed by atoms with Crippen molar-refractivity contribution in [2.75, 3.05) is 13.2 Å². The maximum Gasteiger partial charge on any atom is 0.341 e. The lowest BCUT2D eigenvalue weighted by atomic mass is 9.98. The highest BCUT2D eigenvalue weighted by molar-refractivity contribution is 5.79. The minimum absolute atomic E-state index is 0.0348. The van der Waals surface area contributed by atoms with Crippen LogP contribution in [0.5, 0.6) is 5.75 Å². The van der Waals surface area contributed by atoms with Crippen LogP contribution in [-0.4, -0.2) is 30.3 Å². The third-order valence-electron chi connectivity index (χ3n) is 5.30. The van der Waals surface area contributed by atoms with Crippen molar-refractivity contribution in [2.45, 2.75) is 18.8 Å². The van der Waals surface area contributed by atoms with Crippen LogP contribution in [0.4, 0.5) is 0 Å². The molecule has 0 spiro atoms. The first kappa shape index (κ1) is 19.7. The fraction of sp³-hybridized carbons (Fsp3) is 0.200. The highest BCUT2D eigenvalue weighted by atomic mass is 16.5. The Balaban J connectivity index is 1.38. The summed E-state index contributed by atoms with van der Waals surface area (Å²) >= 11 is 0. The molecule has 0 radical (unpaired) electrons. The zero-order valence-electron chi connectivity index (χ0n) is 16.4. The van der Waals surface area contributed by atoms with Gasteiger partial charge in [0.05, 0.1) is 0 Å². The van der Waals surface area contributed by atoms with Crippen molar-refractivity contribution in [1.82, 2.24) is 0 Å². The van der Waals surface area contributed by atoms with Crippen LogP contribution in [0.15, 0.2) is 72.8 Å². The van der Waals surface area contributed by atoms with E-state index in [1.807, 2.05) is 36.4 Å². The molecule has 0 bridgehead atoms. The predicted octanol–water partition coefficient (Wildman–Crippen LogP) is 4.44. The highest BCUT2D eigenvalue weighted by Gasteiger charge is 2.28. The summed E-state index contributed by atoms with van der Waals surface area (Å²) in [5.74, 6) is -0.815. The first-order chi connectivity index (χ1) is 14.6. The van der Waals surface area contributed by atoms with Gasteiger partial charge in [-0.1, -0.05) is 66.7 Å². The molecule has 0 saturated heterocycles. The van der Waals surface area contributed by atoms with E-state index in [9.17, 15) is 9.59 Å². The van der Waals surface area contributed by atoms with Gasteiger partial charge in [-0.05, 0) is 40.3 Å². The number of hydrogen-bond acceptors (Lipinski definition) is 4. The molecule has 152 valence electrons. The number of benzene rings is 3. The Labute approximate surface area is 174 Å². The minimum atomic E-state index is -1.04. The van der Waals surface area contributed by atoms with Gasteiger partial charge in [-0.3, -0.25) is 4.79 Å². The molecule has 0 aliphatic heterocycles. The molecule has 30 heavy (non-hydrogen) atoms. The van der Waals surface area contributed by atoms with Crippen molar-refractivity contribution in [3.8, 4) is 16.9 Å². The van der Waals surface area contributed by atoms with Crippen molar-refractivity contribution in [3.63, 3.8) is 0 Å². The molecule has 3 aromatic rings. The topological polar surface area (TPSA) is 72.8 Å². The molecule has 0 amide bonds. The quantitative estimate of drug-likeness (QED) is 0.564. The molecular weight excluding hydrogens is 380 g/mol. The average molecular weight is 402 g/mol. The van der Waals surface area contributed by atoms with Crippen LogP contribution in [0.25, 0.3) is 11.1 Å². The van der Waals surface area contributed by atoms with Crippen LogP contribution in [0.3, 0.4) is 0 Å². The Hall–Kier alpha value is -3.60. The van der Waals surface area contributed by atoms with Gasteiger partial charge in [0, 0.05) is 12.3 Å². The summed E-state index contributed by atoms with van der Waals surface area (Å²) in [6.07, 6.45) is 0.621. The number of carbonyl (C=O) groups excluding carboxylic acids is 1. The van der Waals surface area contributed by atoms with Crippen LogP contribution >= 0.6 is 0 Å². The highest BCUT2D eigenvalue weighted by Crippen LogP contribution is 2.44. The third kappa shape index (κ3) is 4.20. The van der Waals surface area contributed by atoms with Crippen LogP contribution in [-0.2, 0) is 20.7 Å². The number of carboxylic acids is 1. The van der Waals surface area contributed by atoms with Gasteiger partial charge in [0.15, 0.2) is 6.61 Å². The summed E-state index contributed by atoms with van der Waals surface area (Å²) in [5, 5.41) is 8.80. The van der Waals surface area contributed by atoms with Crippen molar-refractivity contribution >= 4 is 11.9 Å². The number of esters is 1. The van der Waals surface area contributed by atoms with Crippen LogP contribution in [0.2, 0.25) is 0 Å². The number of fused-ring (bicyclic) bond motifs is 3. The lowest BCUT2D eigenvalue weighted by Gasteiger charge is -2.14. The molecule has 0 aromatic heterocycles. The fourth-order valence-corrected chi connectivity index (χ4v) is 3.92. The first-order valence-electron chi connectivity index (χ1n) is 9.90. The Kier molecular flexibility index (Phi) is 5.80. The zero-order valence-corrected chi connectivity index (χ0v) is 16.4. The lowest BCUT2D eigenvalue weighted by Crippen LogP contribution is -2.14. The second kappa shape index (κ2) is 8.82. The van der Waals surface area contributed by atoms with Crippen molar-refractivity contribution in [1.29, 1.82) is 0 Å². The summed E-state index contributed by atoms with van der Waals surface area (Å²) in [7, 11) is 0. The second-order valence-corrected chi connectivity index (χ2v) is 7.20. The molecule has 0 fully saturated rings. The molecule has 1 N–H and O–H groups in total. The van der Waals surface area contributed by atoms with E-state index < -0.39 is 12.6 Å². The molecule has 1 aliphatic rings. The monoisotopic (exact) mass is 402 g/mol. The number of hydrogen-bond donors (Lipinski definition) is 1. The molecule has 0 saturated carbocycles. The Morgan fingerprint density at radius 2 is 1.43 bits per heavy atom. The van der Waals surface area contributed by atoms with E-state index in [1.165, 1.54) is 22.3 Å². The molecule has 3 aromatic carbocycles. The fourth-order valence-electron chi connectivity index (χ4n) is 3.92. The largest absolute Gasteiger partial charge is 0.482 e. The summed E-state index contributed by atoms with van der Waals surface area (Å²) in [5.41, 5.74) is 5.53. The van der Waals surface area contributed by atoms with Gasteiger partial charge in [0.1, 0.15) is 12.4 Å². The van der Waals surface area contributed by atoms with E-state index in [2.05, 4.69) is 24.3 Å². The third-order valence-corrected chi connectivity index (χ3v) is 5.30. The number of ether oxygens (including phenoxy) is 2. The minimum Gasteiger partial charge on any atom is -0.482 e. The summed E-state index contributed by atoms with van der Waals surface area (Å²) in [6, 6.07) is 23.6. The number of carbonyl (C=O) groups is 2. The SMILES string of the molecule is O=C(O)COc1ccccc1CCC(=O)OCC1c2ccccc2-c2ccccc21. The second-order valence-electron chi connectivity index (χ2n) is 7.20.